The number of anilines is 4. The van der Waals surface area contributed by atoms with Gasteiger partial charge in [-0.2, -0.15) is 0 Å². The van der Waals surface area contributed by atoms with E-state index in [1.807, 2.05) is 13.0 Å². The molecule has 35 heavy (non-hydrogen) atoms. The minimum absolute atomic E-state index is 0.0483. The molecule has 2 aliphatic heterocycles. The van der Waals surface area contributed by atoms with E-state index < -0.39 is 15.1 Å². The highest BCUT2D eigenvalue weighted by molar-refractivity contribution is 7.92. The van der Waals surface area contributed by atoms with Crippen LogP contribution in [0.15, 0.2) is 35.2 Å². The smallest absolute Gasteiger partial charge is 0.249 e. The van der Waals surface area contributed by atoms with Gasteiger partial charge in [0.05, 0.1) is 28.6 Å². The second-order valence-corrected chi connectivity index (χ2v) is 12.1. The molecule has 0 saturated carbocycles. The van der Waals surface area contributed by atoms with Crippen molar-refractivity contribution in [2.75, 3.05) is 49.4 Å². The van der Waals surface area contributed by atoms with Crippen LogP contribution in [-0.2, 0) is 14.6 Å². The fourth-order valence-electron chi connectivity index (χ4n) is 4.80. The Morgan fingerprint density at radius 3 is 2.43 bits per heavy atom. The number of hydrogen-bond donors (Lipinski definition) is 1. The maximum absolute atomic E-state index is 13.0. The normalized spacial score (nSPS) is 19.7. The minimum atomic E-state index is -3.45. The van der Waals surface area contributed by atoms with Gasteiger partial charge in [0.2, 0.25) is 5.91 Å². The van der Waals surface area contributed by atoms with Gasteiger partial charge >= 0.3 is 0 Å². The zero-order valence-electron chi connectivity index (χ0n) is 21.3. The summed E-state index contributed by atoms with van der Waals surface area (Å²) in [6, 6.07) is 8.38. The Labute approximate surface area is 208 Å². The molecule has 1 N–H and O–H groups in total. The molecule has 0 aliphatic carbocycles. The quantitative estimate of drug-likeness (QED) is 0.644. The molecule has 0 unspecified atom stereocenters. The zero-order chi connectivity index (χ0) is 25.5. The van der Waals surface area contributed by atoms with Gasteiger partial charge in [-0.1, -0.05) is 0 Å². The van der Waals surface area contributed by atoms with Gasteiger partial charge < -0.3 is 24.8 Å². The van der Waals surface area contributed by atoms with Crippen LogP contribution in [0.2, 0.25) is 0 Å². The van der Waals surface area contributed by atoms with Crippen molar-refractivity contribution < 1.29 is 17.9 Å². The van der Waals surface area contributed by atoms with Crippen molar-refractivity contribution >= 4 is 38.8 Å². The van der Waals surface area contributed by atoms with Crippen molar-refractivity contribution in [3.05, 3.63) is 30.3 Å². The highest BCUT2D eigenvalue weighted by atomic mass is 32.2. The van der Waals surface area contributed by atoms with E-state index in [0.29, 0.717) is 17.3 Å². The lowest BCUT2D eigenvalue weighted by Crippen LogP contribution is -2.57. The average molecular weight is 502 g/mol. The summed E-state index contributed by atoms with van der Waals surface area (Å²) in [5.41, 5.74) is 1.28. The number of rotatable bonds is 6. The van der Waals surface area contributed by atoms with Crippen molar-refractivity contribution in [1.29, 1.82) is 0 Å². The number of nitrogens with zero attached hydrogens (tertiary/aromatic N) is 4. The number of likely N-dealkylation sites (tertiary alicyclic amines) is 1. The number of sulfone groups is 1. The Morgan fingerprint density at radius 1 is 1.11 bits per heavy atom. The summed E-state index contributed by atoms with van der Waals surface area (Å²) in [5.74, 6) is 1.87. The van der Waals surface area contributed by atoms with Gasteiger partial charge in [0.15, 0.2) is 15.7 Å². The predicted octanol–water partition coefficient (Wildman–Crippen LogP) is 3.28. The molecule has 1 aromatic carbocycles. The van der Waals surface area contributed by atoms with Crippen LogP contribution in [0, 0.1) is 0 Å². The molecule has 1 fully saturated rings. The molecule has 10 heteroatoms. The molecular formula is C25H35N5O4S. The van der Waals surface area contributed by atoms with Crippen LogP contribution in [0.5, 0.6) is 5.75 Å². The van der Waals surface area contributed by atoms with Gasteiger partial charge in [0, 0.05) is 13.1 Å². The summed E-state index contributed by atoms with van der Waals surface area (Å²) in [6.45, 7) is 7.20. The summed E-state index contributed by atoms with van der Waals surface area (Å²) in [7, 11) is 1.99. The molecule has 9 nitrogen and oxygen atoms in total. The molecule has 1 atom stereocenters. The molecule has 2 aliphatic rings. The van der Waals surface area contributed by atoms with E-state index in [1.54, 1.807) is 57.2 Å². The number of hydrogen-bond acceptors (Lipinski definition) is 8. The average Bonchev–Trinajstić information content (AvgIpc) is 2.83. The largest absolute Gasteiger partial charge is 0.495 e. The van der Waals surface area contributed by atoms with Crippen LogP contribution < -0.4 is 19.9 Å². The summed E-state index contributed by atoms with van der Waals surface area (Å²) in [6.07, 6.45) is 1.92. The number of methoxy groups -OCH3 is 1. The first-order valence-corrected chi connectivity index (χ1v) is 13.5. The van der Waals surface area contributed by atoms with Gasteiger partial charge in [0.1, 0.15) is 17.6 Å². The third kappa shape index (κ3) is 4.69. The second kappa shape index (κ2) is 9.66. The number of ether oxygens (including phenoxy) is 1. The summed E-state index contributed by atoms with van der Waals surface area (Å²) >= 11 is 0. The van der Waals surface area contributed by atoms with Gasteiger partial charge in [-0.3, -0.25) is 4.79 Å². The lowest BCUT2D eigenvalue weighted by Gasteiger charge is -2.45. The number of carbonyl (C=O) groups excluding carboxylic acids is 1. The van der Waals surface area contributed by atoms with Crippen LogP contribution >= 0.6 is 0 Å². The molecule has 0 bridgehead atoms. The fraction of sp³-hybridized carbons (Fsp3) is 0.520. The first kappa shape index (κ1) is 25.2. The van der Waals surface area contributed by atoms with Crippen LogP contribution in [0.25, 0.3) is 0 Å². The van der Waals surface area contributed by atoms with Crippen LogP contribution in [0.4, 0.5) is 23.0 Å². The predicted molar refractivity (Wildman–Crippen MR) is 139 cm³/mol. The van der Waals surface area contributed by atoms with Crippen LogP contribution in [0.3, 0.4) is 0 Å². The number of pyridine rings is 1. The van der Waals surface area contributed by atoms with E-state index in [2.05, 4.69) is 22.2 Å². The standard InChI is InChI=1S/C25H35N5O4S/c1-16(2)35(32,33)19-7-9-22(34-6)20(15-19)26-23-10-8-21-24(27-23)30(17(3)25(31)29(21)5)18-11-13-28(4)14-12-18/h7-10,15-18H,11-14H2,1-6H3,(H,26,27)/t17-/m1/s1. The number of piperidine rings is 1. The van der Waals surface area contributed by atoms with Gasteiger partial charge in [-0.05, 0) is 84.1 Å². The van der Waals surface area contributed by atoms with E-state index in [9.17, 15) is 13.2 Å². The fourth-order valence-corrected chi connectivity index (χ4v) is 5.88. The number of carbonyl (C=O) groups is 1. The zero-order valence-corrected chi connectivity index (χ0v) is 22.1. The van der Waals surface area contributed by atoms with Crippen molar-refractivity contribution in [3.63, 3.8) is 0 Å². The molecule has 2 aromatic rings. The number of benzene rings is 1. The Balaban J connectivity index is 1.73. The third-order valence-electron chi connectivity index (χ3n) is 7.03. The SMILES string of the molecule is COc1ccc(S(=O)(=O)C(C)C)cc1Nc1ccc2c(n1)N(C1CCN(C)CC1)[C@H](C)C(=O)N2C. The summed E-state index contributed by atoms with van der Waals surface area (Å²) in [4.78, 5) is 24.3. The summed E-state index contributed by atoms with van der Waals surface area (Å²) < 4.78 is 31.0. The minimum Gasteiger partial charge on any atom is -0.495 e. The second-order valence-electron chi connectivity index (χ2n) is 9.64. The first-order chi connectivity index (χ1) is 16.5. The van der Waals surface area contributed by atoms with Gasteiger partial charge in [0.25, 0.3) is 0 Å². The third-order valence-corrected chi connectivity index (χ3v) is 9.18. The van der Waals surface area contributed by atoms with E-state index in [1.165, 1.54) is 0 Å². The maximum atomic E-state index is 13.0. The first-order valence-electron chi connectivity index (χ1n) is 12.0. The van der Waals surface area contributed by atoms with E-state index in [0.717, 1.165) is 37.4 Å². The molecule has 190 valence electrons. The Kier molecular flexibility index (Phi) is 6.97. The van der Waals surface area contributed by atoms with Crippen molar-refractivity contribution in [2.45, 2.75) is 55.8 Å². The molecular weight excluding hydrogens is 466 g/mol. The van der Waals surface area contributed by atoms with Crippen molar-refractivity contribution in [1.82, 2.24) is 9.88 Å². The Bertz CT molecular complexity index is 1210. The molecule has 1 saturated heterocycles. The van der Waals surface area contributed by atoms with Crippen LogP contribution in [0.1, 0.15) is 33.6 Å². The maximum Gasteiger partial charge on any atom is 0.249 e. The van der Waals surface area contributed by atoms with E-state index in [-0.39, 0.29) is 22.9 Å². The number of amides is 1. The number of fused-ring (bicyclic) bond motifs is 1. The van der Waals surface area contributed by atoms with Gasteiger partial charge in [-0.25, -0.2) is 13.4 Å². The number of aromatic nitrogens is 1. The molecule has 0 spiro atoms. The monoisotopic (exact) mass is 501 g/mol. The lowest BCUT2D eigenvalue weighted by atomic mass is 9.99. The van der Waals surface area contributed by atoms with E-state index in [4.69, 9.17) is 9.72 Å². The highest BCUT2D eigenvalue weighted by Crippen LogP contribution is 2.39. The van der Waals surface area contributed by atoms with E-state index >= 15 is 0 Å². The topological polar surface area (TPSA) is 95.1 Å². The van der Waals surface area contributed by atoms with Crippen molar-refractivity contribution in [3.8, 4) is 5.75 Å². The Morgan fingerprint density at radius 2 is 1.80 bits per heavy atom. The molecule has 1 aromatic heterocycles. The number of likely N-dealkylation sites (N-methyl/N-ethyl adjacent to an activating group) is 1. The lowest BCUT2D eigenvalue weighted by molar-refractivity contribution is -0.119. The molecule has 4 rings (SSSR count). The van der Waals surface area contributed by atoms with Gasteiger partial charge in [-0.15, -0.1) is 0 Å². The van der Waals surface area contributed by atoms with Crippen molar-refractivity contribution in [2.24, 2.45) is 0 Å². The molecule has 0 radical (unpaired) electrons. The number of nitrogens with one attached hydrogen (secondary N) is 1. The molecule has 3 heterocycles. The van der Waals surface area contributed by atoms with Crippen LogP contribution in [-0.4, -0.2) is 75.8 Å². The Hall–Kier alpha value is -2.85. The molecule has 1 amide bonds. The highest BCUT2D eigenvalue weighted by Gasteiger charge is 2.39. The summed E-state index contributed by atoms with van der Waals surface area (Å²) in [5, 5.41) is 2.72.